The zero-order chi connectivity index (χ0) is 22.8. The summed E-state index contributed by atoms with van der Waals surface area (Å²) in [5.41, 5.74) is 4.59. The van der Waals surface area contributed by atoms with Crippen molar-refractivity contribution in [3.8, 4) is 5.75 Å². The van der Waals surface area contributed by atoms with Crippen LogP contribution in [0.1, 0.15) is 50.2 Å². The number of benzene rings is 2. The van der Waals surface area contributed by atoms with Crippen LogP contribution in [0.5, 0.6) is 5.75 Å². The lowest BCUT2D eigenvalue weighted by Gasteiger charge is -2.22. The van der Waals surface area contributed by atoms with Gasteiger partial charge in [0.1, 0.15) is 5.75 Å². The number of hydrazone groups is 1. The number of carbonyl (C=O) groups is 2. The van der Waals surface area contributed by atoms with Gasteiger partial charge in [-0.15, -0.1) is 11.8 Å². The van der Waals surface area contributed by atoms with Crippen molar-refractivity contribution in [2.45, 2.75) is 62.1 Å². The molecule has 0 radical (unpaired) electrons. The molecule has 1 fully saturated rings. The Kier molecular flexibility index (Phi) is 9.16. The average molecular weight is 454 g/mol. The van der Waals surface area contributed by atoms with Crippen LogP contribution < -0.4 is 15.5 Å². The maximum absolute atomic E-state index is 12.2. The molecular weight excluding hydrogens is 422 g/mol. The molecule has 2 N–H and O–H groups in total. The molecule has 0 spiro atoms. The molecular formula is C25H31N3O3S. The quantitative estimate of drug-likeness (QED) is 0.334. The highest BCUT2D eigenvalue weighted by Crippen LogP contribution is 2.23. The molecule has 0 bridgehead atoms. The van der Waals surface area contributed by atoms with E-state index in [1.165, 1.54) is 36.6 Å². The smallest absolute Gasteiger partial charge is 0.258 e. The highest BCUT2D eigenvalue weighted by molar-refractivity contribution is 8.00. The van der Waals surface area contributed by atoms with Crippen LogP contribution in [0, 0.1) is 6.92 Å². The molecule has 0 heterocycles. The van der Waals surface area contributed by atoms with Crippen molar-refractivity contribution < 1.29 is 14.3 Å². The monoisotopic (exact) mass is 453 g/mol. The Labute approximate surface area is 194 Å². The number of ether oxygens (including phenoxy) is 1. The summed E-state index contributed by atoms with van der Waals surface area (Å²) in [7, 11) is 0. The van der Waals surface area contributed by atoms with Crippen molar-refractivity contribution in [2.24, 2.45) is 5.10 Å². The maximum atomic E-state index is 12.2. The maximum Gasteiger partial charge on any atom is 0.258 e. The van der Waals surface area contributed by atoms with E-state index in [0.717, 1.165) is 23.3 Å². The van der Waals surface area contributed by atoms with Gasteiger partial charge >= 0.3 is 0 Å². The molecule has 2 aromatic rings. The first-order valence-corrected chi connectivity index (χ1v) is 12.0. The summed E-state index contributed by atoms with van der Waals surface area (Å²) in [6, 6.07) is 15.6. The van der Waals surface area contributed by atoms with E-state index >= 15 is 0 Å². The third kappa shape index (κ3) is 8.04. The molecule has 6 nitrogen and oxygen atoms in total. The van der Waals surface area contributed by atoms with Crippen LogP contribution >= 0.6 is 11.8 Å². The minimum atomic E-state index is -0.259. The number of carbonyl (C=O) groups excluding carboxylic acids is 2. The molecule has 1 saturated carbocycles. The topological polar surface area (TPSA) is 79.8 Å². The number of nitrogens with one attached hydrogen (secondary N) is 2. The Hall–Kier alpha value is -2.80. The molecule has 2 amide bonds. The van der Waals surface area contributed by atoms with E-state index in [0.29, 0.717) is 5.75 Å². The van der Waals surface area contributed by atoms with E-state index in [1.807, 2.05) is 50.2 Å². The SMILES string of the molecule is Cc1ccc(S[C@@H](C)C(=O)N/N=C\c2ccc(OCC(=O)NC3CCCCC3)cc2)cc1. The summed E-state index contributed by atoms with van der Waals surface area (Å²) >= 11 is 1.49. The third-order valence-corrected chi connectivity index (χ3v) is 6.42. The van der Waals surface area contributed by atoms with Crippen LogP contribution in [0.2, 0.25) is 0 Å². The second-order valence-corrected chi connectivity index (χ2v) is 9.48. The van der Waals surface area contributed by atoms with Crippen molar-refractivity contribution >= 4 is 29.8 Å². The van der Waals surface area contributed by atoms with Gasteiger partial charge in [-0.05, 0) is 68.7 Å². The second-order valence-electron chi connectivity index (χ2n) is 8.07. The fraction of sp³-hybridized carbons (Fsp3) is 0.400. The molecule has 1 atom stereocenters. The summed E-state index contributed by atoms with van der Waals surface area (Å²) in [6.07, 6.45) is 7.31. The van der Waals surface area contributed by atoms with Gasteiger partial charge in [0.25, 0.3) is 11.8 Å². The molecule has 32 heavy (non-hydrogen) atoms. The number of amides is 2. The fourth-order valence-corrected chi connectivity index (χ4v) is 4.31. The Morgan fingerprint density at radius 2 is 1.78 bits per heavy atom. The number of aryl methyl sites for hydroxylation is 1. The van der Waals surface area contributed by atoms with Crippen LogP contribution in [0.25, 0.3) is 0 Å². The van der Waals surface area contributed by atoms with Gasteiger partial charge in [0.2, 0.25) is 0 Å². The van der Waals surface area contributed by atoms with Crippen molar-refractivity contribution in [3.05, 3.63) is 59.7 Å². The minimum Gasteiger partial charge on any atom is -0.484 e. The van der Waals surface area contributed by atoms with Crippen molar-refractivity contribution in [2.75, 3.05) is 6.61 Å². The Morgan fingerprint density at radius 3 is 2.47 bits per heavy atom. The lowest BCUT2D eigenvalue weighted by Crippen LogP contribution is -2.38. The van der Waals surface area contributed by atoms with Gasteiger partial charge in [0.15, 0.2) is 6.61 Å². The molecule has 0 aliphatic heterocycles. The normalized spacial score (nSPS) is 15.3. The number of hydrogen-bond acceptors (Lipinski definition) is 5. The predicted octanol–water partition coefficient (Wildman–Crippen LogP) is 4.45. The lowest BCUT2D eigenvalue weighted by atomic mass is 9.95. The van der Waals surface area contributed by atoms with Crippen LogP contribution in [0.3, 0.4) is 0 Å². The van der Waals surface area contributed by atoms with E-state index in [1.54, 1.807) is 18.3 Å². The van der Waals surface area contributed by atoms with E-state index < -0.39 is 0 Å². The Balaban J connectivity index is 1.38. The molecule has 1 aliphatic carbocycles. The average Bonchev–Trinajstić information content (AvgIpc) is 2.80. The molecule has 3 rings (SSSR count). The molecule has 7 heteroatoms. The van der Waals surface area contributed by atoms with E-state index in [9.17, 15) is 9.59 Å². The van der Waals surface area contributed by atoms with Crippen LogP contribution in [0.4, 0.5) is 0 Å². The van der Waals surface area contributed by atoms with Crippen molar-refractivity contribution in [1.82, 2.24) is 10.7 Å². The predicted molar refractivity (Wildman–Crippen MR) is 129 cm³/mol. The van der Waals surface area contributed by atoms with Gasteiger partial charge in [0.05, 0.1) is 11.5 Å². The second kappa shape index (κ2) is 12.3. The first kappa shape index (κ1) is 23.9. The van der Waals surface area contributed by atoms with Gasteiger partial charge in [-0.25, -0.2) is 5.43 Å². The summed E-state index contributed by atoms with van der Waals surface area (Å²) in [4.78, 5) is 25.3. The zero-order valence-corrected chi connectivity index (χ0v) is 19.5. The summed E-state index contributed by atoms with van der Waals surface area (Å²) in [5, 5.41) is 6.82. The molecule has 0 unspecified atom stereocenters. The first-order chi connectivity index (χ1) is 15.5. The molecule has 0 aromatic heterocycles. The third-order valence-electron chi connectivity index (χ3n) is 5.31. The molecule has 1 aliphatic rings. The van der Waals surface area contributed by atoms with Crippen molar-refractivity contribution in [1.29, 1.82) is 0 Å². The summed E-state index contributed by atoms with van der Waals surface area (Å²) in [5.74, 6) is 0.381. The Bertz CT molecular complexity index is 907. The molecule has 2 aromatic carbocycles. The molecule has 0 saturated heterocycles. The van der Waals surface area contributed by atoms with E-state index in [2.05, 4.69) is 15.8 Å². The van der Waals surface area contributed by atoms with Gasteiger partial charge in [-0.1, -0.05) is 37.0 Å². The number of nitrogens with zero attached hydrogens (tertiary/aromatic N) is 1. The summed E-state index contributed by atoms with van der Waals surface area (Å²) in [6.45, 7) is 3.90. The van der Waals surface area contributed by atoms with Crippen LogP contribution in [-0.4, -0.2) is 35.9 Å². The van der Waals surface area contributed by atoms with Gasteiger partial charge < -0.3 is 10.1 Å². The van der Waals surface area contributed by atoms with Gasteiger partial charge in [-0.2, -0.15) is 5.10 Å². The highest BCUT2D eigenvalue weighted by atomic mass is 32.2. The fourth-order valence-electron chi connectivity index (χ4n) is 3.45. The van der Waals surface area contributed by atoms with Crippen LogP contribution in [0.15, 0.2) is 58.5 Å². The van der Waals surface area contributed by atoms with Gasteiger partial charge in [-0.3, -0.25) is 9.59 Å². The number of rotatable bonds is 9. The van der Waals surface area contributed by atoms with Gasteiger partial charge in [0, 0.05) is 10.9 Å². The summed E-state index contributed by atoms with van der Waals surface area (Å²) < 4.78 is 5.57. The van der Waals surface area contributed by atoms with Crippen molar-refractivity contribution in [3.63, 3.8) is 0 Å². The number of hydrogen-bond donors (Lipinski definition) is 2. The molecule has 170 valence electrons. The Morgan fingerprint density at radius 1 is 1.09 bits per heavy atom. The largest absolute Gasteiger partial charge is 0.484 e. The number of thioether (sulfide) groups is 1. The zero-order valence-electron chi connectivity index (χ0n) is 18.7. The van der Waals surface area contributed by atoms with E-state index in [4.69, 9.17) is 4.74 Å². The van der Waals surface area contributed by atoms with E-state index in [-0.39, 0.29) is 29.7 Å². The lowest BCUT2D eigenvalue weighted by molar-refractivity contribution is -0.124. The highest BCUT2D eigenvalue weighted by Gasteiger charge is 2.16. The minimum absolute atomic E-state index is 0.0104. The first-order valence-electron chi connectivity index (χ1n) is 11.1. The van der Waals surface area contributed by atoms with Crippen LogP contribution in [-0.2, 0) is 9.59 Å². The standard InChI is InChI=1S/C25H31N3O3S/c1-18-8-14-23(15-9-18)32-19(2)25(30)28-26-16-20-10-12-22(13-11-20)31-17-24(29)27-21-6-4-3-5-7-21/h8-16,19,21H,3-7,17H2,1-2H3,(H,27,29)(H,28,30)/b26-16-/t19-/m0/s1.